The van der Waals surface area contributed by atoms with Crippen LogP contribution in [-0.4, -0.2) is 40.2 Å². The largest absolute Gasteiger partial charge is 0.497 e. The third-order valence-electron chi connectivity index (χ3n) is 4.52. The van der Waals surface area contributed by atoms with E-state index >= 15 is 0 Å². The fourth-order valence-corrected chi connectivity index (χ4v) is 4.01. The summed E-state index contributed by atoms with van der Waals surface area (Å²) in [5.41, 5.74) is 2.05. The predicted molar refractivity (Wildman–Crippen MR) is 114 cm³/mol. The SMILES string of the molecule is C=CCOC(=O)C1=C(C)Nc2nc(SCCCC)nn2C1c1cccc(OC)c1. The molecular weight excluding hydrogens is 388 g/mol. The fourth-order valence-electron chi connectivity index (χ4n) is 3.10. The van der Waals surface area contributed by atoms with Crippen molar-refractivity contribution < 1.29 is 14.3 Å². The van der Waals surface area contributed by atoms with Crippen LogP contribution in [0.1, 0.15) is 38.3 Å². The van der Waals surface area contributed by atoms with Gasteiger partial charge in [-0.15, -0.1) is 5.10 Å². The third kappa shape index (κ3) is 4.64. The number of rotatable bonds is 9. The topological polar surface area (TPSA) is 78.3 Å². The number of esters is 1. The standard InChI is InChI=1S/C21H26N4O3S/c1-5-7-12-29-21-23-20-22-14(3)17(19(26)28-11-6-2)18(25(20)24-21)15-9-8-10-16(13-15)27-4/h6,8-10,13,18H,2,5,7,11-12H2,1,3-4H3,(H,22,23,24). The molecule has 154 valence electrons. The van der Waals surface area contributed by atoms with Gasteiger partial charge >= 0.3 is 5.97 Å². The van der Waals surface area contributed by atoms with Gasteiger partial charge < -0.3 is 14.8 Å². The van der Waals surface area contributed by atoms with E-state index in [1.165, 1.54) is 0 Å². The number of aromatic nitrogens is 3. The Kier molecular flexibility index (Phi) is 6.98. The van der Waals surface area contributed by atoms with E-state index in [1.807, 2.05) is 31.2 Å². The molecule has 29 heavy (non-hydrogen) atoms. The number of nitrogens with zero attached hydrogens (tertiary/aromatic N) is 3. The molecule has 0 radical (unpaired) electrons. The van der Waals surface area contributed by atoms with Gasteiger partial charge in [0.2, 0.25) is 11.1 Å². The van der Waals surface area contributed by atoms with Gasteiger partial charge in [-0.2, -0.15) is 4.98 Å². The summed E-state index contributed by atoms with van der Waals surface area (Å²) >= 11 is 1.61. The number of benzene rings is 1. The summed E-state index contributed by atoms with van der Waals surface area (Å²) < 4.78 is 12.5. The quantitative estimate of drug-likeness (QED) is 0.285. The summed E-state index contributed by atoms with van der Waals surface area (Å²) in [6.45, 7) is 7.76. The highest BCUT2D eigenvalue weighted by Gasteiger charge is 2.35. The average Bonchev–Trinajstić information content (AvgIpc) is 3.13. The van der Waals surface area contributed by atoms with Gasteiger partial charge in [-0.3, -0.25) is 0 Å². The van der Waals surface area contributed by atoms with E-state index in [-0.39, 0.29) is 6.61 Å². The molecule has 1 unspecified atom stereocenters. The second-order valence-electron chi connectivity index (χ2n) is 6.59. The minimum Gasteiger partial charge on any atom is -0.497 e. The van der Waals surface area contributed by atoms with Crippen molar-refractivity contribution in [2.75, 3.05) is 24.8 Å². The van der Waals surface area contributed by atoms with Crippen LogP contribution in [0.15, 0.2) is 53.3 Å². The lowest BCUT2D eigenvalue weighted by atomic mass is 9.95. The van der Waals surface area contributed by atoms with Crippen molar-refractivity contribution in [2.45, 2.75) is 37.9 Å². The zero-order valence-electron chi connectivity index (χ0n) is 17.0. The maximum absolute atomic E-state index is 12.9. The highest BCUT2D eigenvalue weighted by atomic mass is 32.2. The summed E-state index contributed by atoms with van der Waals surface area (Å²) in [7, 11) is 1.62. The number of carbonyl (C=O) groups is 1. The van der Waals surface area contributed by atoms with E-state index in [9.17, 15) is 4.79 Å². The molecule has 0 fully saturated rings. The maximum atomic E-state index is 12.9. The van der Waals surface area contributed by atoms with E-state index in [0.29, 0.717) is 28.1 Å². The molecular formula is C21H26N4O3S. The number of unbranched alkanes of at least 4 members (excludes halogenated alkanes) is 1. The van der Waals surface area contributed by atoms with Crippen LogP contribution in [0.3, 0.4) is 0 Å². The van der Waals surface area contributed by atoms with Gasteiger partial charge in [0.25, 0.3) is 0 Å². The van der Waals surface area contributed by atoms with Gasteiger partial charge in [0.15, 0.2) is 0 Å². The van der Waals surface area contributed by atoms with E-state index in [0.717, 1.165) is 24.2 Å². The Morgan fingerprint density at radius 1 is 1.45 bits per heavy atom. The molecule has 1 aromatic heterocycles. The first-order valence-corrected chi connectivity index (χ1v) is 10.6. The lowest BCUT2D eigenvalue weighted by Crippen LogP contribution is -2.29. The van der Waals surface area contributed by atoms with Crippen LogP contribution in [0.4, 0.5) is 5.95 Å². The van der Waals surface area contributed by atoms with Crippen molar-refractivity contribution in [2.24, 2.45) is 0 Å². The highest BCUT2D eigenvalue weighted by molar-refractivity contribution is 7.99. The van der Waals surface area contributed by atoms with Gasteiger partial charge in [0.1, 0.15) is 18.4 Å². The number of allylic oxidation sites excluding steroid dienone is 1. The fraction of sp³-hybridized carbons (Fsp3) is 0.381. The molecule has 2 heterocycles. The average molecular weight is 415 g/mol. The molecule has 0 bridgehead atoms. The van der Waals surface area contributed by atoms with Crippen LogP contribution < -0.4 is 10.1 Å². The first kappa shape index (κ1) is 21.0. The molecule has 0 saturated carbocycles. The van der Waals surface area contributed by atoms with Crippen molar-refractivity contribution in [1.29, 1.82) is 0 Å². The van der Waals surface area contributed by atoms with E-state index in [2.05, 4.69) is 28.9 Å². The van der Waals surface area contributed by atoms with Crippen LogP contribution in [0.25, 0.3) is 0 Å². The Bertz CT molecular complexity index is 922. The number of fused-ring (bicyclic) bond motifs is 1. The number of carbonyl (C=O) groups excluding carboxylic acids is 1. The molecule has 1 aromatic carbocycles. The second-order valence-corrected chi connectivity index (χ2v) is 7.66. The number of thioether (sulfide) groups is 1. The molecule has 1 N–H and O–H groups in total. The monoisotopic (exact) mass is 414 g/mol. The van der Waals surface area contributed by atoms with Crippen LogP contribution in [-0.2, 0) is 9.53 Å². The third-order valence-corrected chi connectivity index (χ3v) is 5.45. The number of ether oxygens (including phenoxy) is 2. The van der Waals surface area contributed by atoms with Gasteiger partial charge in [-0.05, 0) is 31.0 Å². The lowest BCUT2D eigenvalue weighted by molar-refractivity contribution is -0.138. The molecule has 3 rings (SSSR count). The maximum Gasteiger partial charge on any atom is 0.338 e. The zero-order valence-corrected chi connectivity index (χ0v) is 17.8. The number of nitrogens with one attached hydrogen (secondary N) is 1. The van der Waals surface area contributed by atoms with Crippen molar-refractivity contribution in [1.82, 2.24) is 14.8 Å². The second kappa shape index (κ2) is 9.65. The van der Waals surface area contributed by atoms with Crippen LogP contribution in [0.2, 0.25) is 0 Å². The highest BCUT2D eigenvalue weighted by Crippen LogP contribution is 2.37. The minimum absolute atomic E-state index is 0.142. The van der Waals surface area contributed by atoms with Crippen LogP contribution in [0, 0.1) is 0 Å². The van der Waals surface area contributed by atoms with Gasteiger partial charge in [0, 0.05) is 11.4 Å². The van der Waals surface area contributed by atoms with Gasteiger partial charge in [-0.1, -0.05) is 49.9 Å². The molecule has 7 nitrogen and oxygen atoms in total. The summed E-state index contributed by atoms with van der Waals surface area (Å²) in [5, 5.41) is 8.57. The Balaban J connectivity index is 2.04. The van der Waals surface area contributed by atoms with Crippen molar-refractivity contribution in [3.8, 4) is 5.75 Å². The summed E-state index contributed by atoms with van der Waals surface area (Å²) in [5.74, 6) is 1.85. The van der Waals surface area contributed by atoms with E-state index in [4.69, 9.17) is 9.47 Å². The number of anilines is 1. The lowest BCUT2D eigenvalue weighted by Gasteiger charge is -2.28. The smallest absolute Gasteiger partial charge is 0.338 e. The molecule has 0 amide bonds. The molecule has 1 aliphatic heterocycles. The number of methoxy groups -OCH3 is 1. The Morgan fingerprint density at radius 2 is 2.28 bits per heavy atom. The van der Waals surface area contributed by atoms with E-state index < -0.39 is 12.0 Å². The number of hydrogen-bond donors (Lipinski definition) is 1. The summed E-state index contributed by atoms with van der Waals surface area (Å²) in [6, 6.07) is 7.14. The zero-order chi connectivity index (χ0) is 20.8. The molecule has 0 saturated heterocycles. The first-order chi connectivity index (χ1) is 14.1. The molecule has 0 aliphatic carbocycles. The minimum atomic E-state index is -0.466. The van der Waals surface area contributed by atoms with Crippen molar-refractivity contribution in [3.63, 3.8) is 0 Å². The van der Waals surface area contributed by atoms with Crippen molar-refractivity contribution in [3.05, 3.63) is 53.8 Å². The van der Waals surface area contributed by atoms with Gasteiger partial charge in [-0.25, -0.2) is 9.48 Å². The summed E-state index contributed by atoms with van der Waals surface area (Å²) in [4.78, 5) is 17.5. The molecule has 2 aromatic rings. The summed E-state index contributed by atoms with van der Waals surface area (Å²) in [6.07, 6.45) is 3.76. The van der Waals surface area contributed by atoms with E-state index in [1.54, 1.807) is 29.6 Å². The molecule has 1 atom stereocenters. The molecule has 0 spiro atoms. The molecule has 1 aliphatic rings. The Morgan fingerprint density at radius 3 is 3.00 bits per heavy atom. The normalized spacial score (nSPS) is 15.5. The Hall–Kier alpha value is -2.74. The molecule has 8 heteroatoms. The predicted octanol–water partition coefficient (Wildman–Crippen LogP) is 4.20. The number of hydrogen-bond acceptors (Lipinski definition) is 7. The Labute approximate surface area is 175 Å². The van der Waals surface area contributed by atoms with Crippen molar-refractivity contribution >= 4 is 23.7 Å². The first-order valence-electron chi connectivity index (χ1n) is 9.58. The van der Waals surface area contributed by atoms with Crippen LogP contribution >= 0.6 is 11.8 Å². The van der Waals surface area contributed by atoms with Crippen LogP contribution in [0.5, 0.6) is 5.75 Å². The van der Waals surface area contributed by atoms with Gasteiger partial charge in [0.05, 0.1) is 12.7 Å².